The second kappa shape index (κ2) is 6.06. The quantitative estimate of drug-likeness (QED) is 0.879. The van der Waals surface area contributed by atoms with E-state index in [9.17, 15) is 4.79 Å². The van der Waals surface area contributed by atoms with E-state index in [1.54, 1.807) is 35.9 Å². The maximum atomic E-state index is 11.9. The molecule has 6 heteroatoms. The van der Waals surface area contributed by atoms with E-state index in [4.69, 9.17) is 0 Å². The monoisotopic (exact) mass is 325 g/mol. The number of pyridine rings is 1. The summed E-state index contributed by atoms with van der Waals surface area (Å²) in [5, 5.41) is 5.85. The summed E-state index contributed by atoms with van der Waals surface area (Å²) in [6.45, 7) is 2.60. The summed E-state index contributed by atoms with van der Waals surface area (Å²) >= 11 is 4.86. The van der Waals surface area contributed by atoms with E-state index in [1.807, 2.05) is 12.3 Å². The number of nitrogens with one attached hydrogen (secondary N) is 1. The van der Waals surface area contributed by atoms with Crippen molar-refractivity contribution in [2.45, 2.75) is 12.8 Å². The normalized spacial score (nSPS) is 12.1. The van der Waals surface area contributed by atoms with E-state index < -0.39 is 0 Å². The summed E-state index contributed by atoms with van der Waals surface area (Å²) in [5.74, 6) is 0.0859. The minimum absolute atomic E-state index is 0.126. The summed E-state index contributed by atoms with van der Waals surface area (Å²) < 4.78 is 0.560. The van der Waals surface area contributed by atoms with Crippen molar-refractivity contribution >= 4 is 33.2 Å². The molecular formula is C12H12BrN3OS. The zero-order valence-corrected chi connectivity index (χ0v) is 12.2. The summed E-state index contributed by atoms with van der Waals surface area (Å²) in [4.78, 5) is 20.2. The molecule has 1 atom stereocenters. The number of amides is 1. The first-order valence-corrected chi connectivity index (χ1v) is 7.14. The third kappa shape index (κ3) is 3.14. The van der Waals surface area contributed by atoms with Gasteiger partial charge in [-0.3, -0.25) is 4.79 Å². The molecule has 0 radical (unpaired) electrons. The Labute approximate surface area is 118 Å². The summed E-state index contributed by atoms with van der Waals surface area (Å²) in [6.07, 6.45) is 3.41. The molecule has 2 aromatic rings. The molecule has 1 unspecified atom stereocenters. The zero-order valence-electron chi connectivity index (χ0n) is 9.76. The lowest BCUT2D eigenvalue weighted by Gasteiger charge is -2.10. The highest BCUT2D eigenvalue weighted by Crippen LogP contribution is 2.17. The molecule has 1 N–H and O–H groups in total. The lowest BCUT2D eigenvalue weighted by atomic mass is 10.2. The van der Waals surface area contributed by atoms with Gasteiger partial charge in [0.1, 0.15) is 4.60 Å². The van der Waals surface area contributed by atoms with Crippen LogP contribution < -0.4 is 5.32 Å². The Bertz CT molecular complexity index is 530. The van der Waals surface area contributed by atoms with Gasteiger partial charge in [0.15, 0.2) is 0 Å². The first-order valence-electron chi connectivity index (χ1n) is 5.46. The lowest BCUT2D eigenvalue weighted by Crippen LogP contribution is -2.27. The fourth-order valence-electron chi connectivity index (χ4n) is 1.46. The van der Waals surface area contributed by atoms with Crippen LogP contribution in [-0.2, 0) is 0 Å². The van der Waals surface area contributed by atoms with Gasteiger partial charge in [-0.2, -0.15) is 0 Å². The molecule has 0 bridgehead atoms. The van der Waals surface area contributed by atoms with E-state index in [0.29, 0.717) is 16.7 Å². The van der Waals surface area contributed by atoms with Crippen molar-refractivity contribution < 1.29 is 4.79 Å². The highest BCUT2D eigenvalue weighted by molar-refractivity contribution is 9.10. The van der Waals surface area contributed by atoms with Crippen molar-refractivity contribution in [3.05, 3.63) is 45.1 Å². The number of hydrogen-bond acceptors (Lipinski definition) is 4. The maximum absolute atomic E-state index is 11.9. The van der Waals surface area contributed by atoms with Gasteiger partial charge < -0.3 is 5.32 Å². The molecule has 0 aliphatic rings. The van der Waals surface area contributed by atoms with Crippen molar-refractivity contribution in [1.29, 1.82) is 0 Å². The Morgan fingerprint density at radius 3 is 3.00 bits per heavy atom. The van der Waals surface area contributed by atoms with Gasteiger partial charge in [-0.15, -0.1) is 11.3 Å². The number of hydrogen-bond donors (Lipinski definition) is 1. The maximum Gasteiger partial charge on any atom is 0.254 e. The number of carbonyl (C=O) groups excluding carboxylic acids is 1. The van der Waals surface area contributed by atoms with E-state index in [0.717, 1.165) is 5.01 Å². The van der Waals surface area contributed by atoms with Crippen molar-refractivity contribution in [2.75, 3.05) is 6.54 Å². The molecular weight excluding hydrogens is 314 g/mol. The van der Waals surface area contributed by atoms with Gasteiger partial charge in [0.05, 0.1) is 10.6 Å². The van der Waals surface area contributed by atoms with Crippen LogP contribution in [0.4, 0.5) is 0 Å². The first kappa shape index (κ1) is 13.2. The van der Waals surface area contributed by atoms with Crippen LogP contribution in [0.3, 0.4) is 0 Å². The number of rotatable bonds is 4. The van der Waals surface area contributed by atoms with Gasteiger partial charge in [0.25, 0.3) is 5.91 Å². The SMILES string of the molecule is CC(CNC(=O)c1cccnc1Br)c1nccs1. The second-order valence-electron chi connectivity index (χ2n) is 3.82. The number of nitrogens with zero attached hydrogens (tertiary/aromatic N) is 2. The van der Waals surface area contributed by atoms with Crippen LogP contribution >= 0.6 is 27.3 Å². The molecule has 2 rings (SSSR count). The van der Waals surface area contributed by atoms with Gasteiger partial charge >= 0.3 is 0 Å². The lowest BCUT2D eigenvalue weighted by molar-refractivity contribution is 0.0950. The molecule has 1 amide bonds. The van der Waals surface area contributed by atoms with Crippen LogP contribution in [0.1, 0.15) is 28.2 Å². The van der Waals surface area contributed by atoms with Crippen molar-refractivity contribution in [1.82, 2.24) is 15.3 Å². The molecule has 94 valence electrons. The van der Waals surface area contributed by atoms with Gasteiger partial charge in [-0.1, -0.05) is 6.92 Å². The van der Waals surface area contributed by atoms with E-state index in [1.165, 1.54) is 0 Å². The van der Waals surface area contributed by atoms with Crippen LogP contribution in [0.2, 0.25) is 0 Å². The Morgan fingerprint density at radius 2 is 2.33 bits per heavy atom. The van der Waals surface area contributed by atoms with Gasteiger partial charge in [-0.05, 0) is 28.1 Å². The smallest absolute Gasteiger partial charge is 0.254 e. The highest BCUT2D eigenvalue weighted by atomic mass is 79.9. The fourth-order valence-corrected chi connectivity index (χ4v) is 2.59. The van der Waals surface area contributed by atoms with Crippen molar-refractivity contribution in [3.63, 3.8) is 0 Å². The standard InChI is InChI=1S/C12H12BrN3OS/c1-8(12-15-5-6-18-12)7-16-11(17)9-3-2-4-14-10(9)13/h2-6,8H,7H2,1H3,(H,16,17). The van der Waals surface area contributed by atoms with Crippen LogP contribution in [0.15, 0.2) is 34.5 Å². The second-order valence-corrected chi connectivity index (χ2v) is 5.50. The predicted octanol–water partition coefficient (Wildman–Crippen LogP) is 2.83. The minimum atomic E-state index is -0.126. The van der Waals surface area contributed by atoms with E-state index >= 15 is 0 Å². The molecule has 4 nitrogen and oxygen atoms in total. The molecule has 18 heavy (non-hydrogen) atoms. The van der Waals surface area contributed by atoms with Gasteiger partial charge in [0, 0.05) is 30.2 Å². The van der Waals surface area contributed by atoms with Gasteiger partial charge in [0.2, 0.25) is 0 Å². The zero-order chi connectivity index (χ0) is 13.0. The van der Waals surface area contributed by atoms with Crippen LogP contribution in [0.5, 0.6) is 0 Å². The van der Waals surface area contributed by atoms with Crippen molar-refractivity contribution in [3.8, 4) is 0 Å². The average Bonchev–Trinajstić information content (AvgIpc) is 2.90. The summed E-state index contributed by atoms with van der Waals surface area (Å²) in [7, 11) is 0. The molecule has 0 fully saturated rings. The third-order valence-electron chi connectivity index (χ3n) is 2.45. The van der Waals surface area contributed by atoms with Gasteiger partial charge in [-0.25, -0.2) is 9.97 Å². The topological polar surface area (TPSA) is 54.9 Å². The molecule has 2 aromatic heterocycles. The molecule has 0 saturated carbocycles. The summed E-state index contributed by atoms with van der Waals surface area (Å²) in [6, 6.07) is 3.48. The molecule has 0 spiro atoms. The Hall–Kier alpha value is -1.27. The Balaban J connectivity index is 1.95. The molecule has 0 aromatic carbocycles. The van der Waals surface area contributed by atoms with Crippen LogP contribution in [0, 0.1) is 0 Å². The largest absolute Gasteiger partial charge is 0.351 e. The molecule has 0 saturated heterocycles. The van der Waals surface area contributed by atoms with Crippen molar-refractivity contribution in [2.24, 2.45) is 0 Å². The third-order valence-corrected chi connectivity index (χ3v) is 4.08. The first-order chi connectivity index (χ1) is 8.68. The predicted molar refractivity (Wildman–Crippen MR) is 74.8 cm³/mol. The fraction of sp³-hybridized carbons (Fsp3) is 0.250. The van der Waals surface area contributed by atoms with E-state index in [2.05, 4.69) is 31.2 Å². The minimum Gasteiger partial charge on any atom is -0.351 e. The Kier molecular flexibility index (Phi) is 4.43. The Morgan fingerprint density at radius 1 is 1.50 bits per heavy atom. The highest BCUT2D eigenvalue weighted by Gasteiger charge is 2.13. The van der Waals surface area contributed by atoms with Crippen LogP contribution in [-0.4, -0.2) is 22.4 Å². The number of thiazole rings is 1. The number of halogens is 1. The average molecular weight is 326 g/mol. The molecule has 0 aliphatic carbocycles. The number of carbonyl (C=O) groups is 1. The number of aromatic nitrogens is 2. The molecule has 0 aliphatic heterocycles. The van der Waals surface area contributed by atoms with E-state index in [-0.39, 0.29) is 11.8 Å². The summed E-state index contributed by atoms with van der Waals surface area (Å²) in [5.41, 5.74) is 0.545. The molecule has 2 heterocycles. The van der Waals surface area contributed by atoms with Crippen LogP contribution in [0.25, 0.3) is 0 Å².